The molecule has 0 heterocycles. The topological polar surface area (TPSA) is 0 Å². The number of allylic oxidation sites excluding steroid dienone is 4. The van der Waals surface area contributed by atoms with Gasteiger partial charge in [0.1, 0.15) is 0 Å². The van der Waals surface area contributed by atoms with E-state index in [1.165, 1.54) is 24.3 Å². The summed E-state index contributed by atoms with van der Waals surface area (Å²) in [6.45, 7) is 0. The highest BCUT2D eigenvalue weighted by Crippen LogP contribution is 2.44. The van der Waals surface area contributed by atoms with Gasteiger partial charge in [0.15, 0.2) is 0 Å². The van der Waals surface area contributed by atoms with E-state index >= 15 is 0 Å². The molecule has 230 valence electrons. The number of rotatable bonds is 3. The Morgan fingerprint density at radius 3 is 1.57 bits per heavy atom. The molecule has 6 aromatic rings. The van der Waals surface area contributed by atoms with Crippen LogP contribution in [0, 0.1) is 0 Å². The molecule has 0 atom stereocenters. The van der Waals surface area contributed by atoms with E-state index in [1.807, 2.05) is 54.6 Å². The summed E-state index contributed by atoms with van der Waals surface area (Å²) in [5.74, 6) is 0. The SMILES string of the molecule is FC(F)(F)c1ccc(C(c2ccc(C(F)(F)F)cc2)=c2ccc3c(c2C2=CC=CC2)-c2c(c4ccccc4c4ccccc24)C=3)cc1. The molecule has 47 heavy (non-hydrogen) atoms. The van der Waals surface area contributed by atoms with Crippen molar-refractivity contribution < 1.29 is 26.3 Å². The zero-order chi connectivity index (χ0) is 32.5. The average Bonchev–Trinajstić information content (AvgIpc) is 3.74. The van der Waals surface area contributed by atoms with E-state index in [2.05, 4.69) is 30.3 Å². The molecule has 0 N–H and O–H groups in total. The van der Waals surface area contributed by atoms with Crippen LogP contribution in [-0.2, 0) is 12.4 Å². The van der Waals surface area contributed by atoms with Gasteiger partial charge < -0.3 is 0 Å². The quantitative estimate of drug-likeness (QED) is 0.135. The second-order valence-corrected chi connectivity index (χ2v) is 11.8. The van der Waals surface area contributed by atoms with Crippen LogP contribution in [0.1, 0.15) is 39.8 Å². The summed E-state index contributed by atoms with van der Waals surface area (Å²) in [5, 5.41) is 6.16. The van der Waals surface area contributed by atoms with E-state index in [-0.39, 0.29) is 0 Å². The Balaban J connectivity index is 1.51. The van der Waals surface area contributed by atoms with Crippen LogP contribution in [0.5, 0.6) is 0 Å². The standard InChI is InChI=1S/C41H24F6/c42-40(43,44)28-18-13-25(14-19-28)36(26-15-20-29(21-16-26)41(45,46)47)34-22-17-27-23-35-32-11-4-3-9-30(32)31-10-5-6-12-33(31)39(35)38(27)37(34)24-7-1-2-8-24/h1-7,9-23H,8H2. The van der Waals surface area contributed by atoms with Crippen molar-refractivity contribution in [2.45, 2.75) is 18.8 Å². The Hall–Kier alpha value is -5.36. The normalized spacial score (nSPS) is 13.9. The molecular formula is C41H24F6. The molecule has 6 aromatic carbocycles. The largest absolute Gasteiger partial charge is 0.416 e. The van der Waals surface area contributed by atoms with Gasteiger partial charge in [-0.25, -0.2) is 0 Å². The predicted octanol–water partition coefficient (Wildman–Crippen LogP) is 10.4. The van der Waals surface area contributed by atoms with Crippen LogP contribution in [0.15, 0.2) is 127 Å². The molecule has 0 saturated carbocycles. The number of halogens is 6. The first-order valence-electron chi connectivity index (χ1n) is 15.1. The zero-order valence-corrected chi connectivity index (χ0v) is 24.7. The molecule has 0 radical (unpaired) electrons. The zero-order valence-electron chi connectivity index (χ0n) is 24.7. The molecule has 0 aliphatic heterocycles. The van der Waals surface area contributed by atoms with Crippen LogP contribution >= 0.6 is 0 Å². The minimum atomic E-state index is -4.53. The van der Waals surface area contributed by atoms with Gasteiger partial charge in [0.05, 0.1) is 11.1 Å². The fourth-order valence-electron chi connectivity index (χ4n) is 7.06. The van der Waals surface area contributed by atoms with Crippen molar-refractivity contribution >= 4 is 38.8 Å². The molecule has 8 rings (SSSR count). The van der Waals surface area contributed by atoms with Crippen LogP contribution in [0.25, 0.3) is 49.9 Å². The van der Waals surface area contributed by atoms with E-state index in [1.54, 1.807) is 0 Å². The second kappa shape index (κ2) is 10.6. The molecule has 6 heteroatoms. The molecule has 0 bridgehead atoms. The Labute approximate surface area is 265 Å². The van der Waals surface area contributed by atoms with Gasteiger partial charge in [-0.1, -0.05) is 103 Å². The minimum Gasteiger partial charge on any atom is -0.166 e. The molecule has 2 aliphatic rings. The summed E-state index contributed by atoms with van der Waals surface area (Å²) in [7, 11) is 0. The summed E-state index contributed by atoms with van der Waals surface area (Å²) in [4.78, 5) is 0. The third kappa shape index (κ3) is 4.78. The Bertz CT molecular complexity index is 2360. The molecule has 0 saturated heterocycles. The average molecular weight is 631 g/mol. The molecular weight excluding hydrogens is 606 g/mol. The highest BCUT2D eigenvalue weighted by molar-refractivity contribution is 6.20. The van der Waals surface area contributed by atoms with Crippen molar-refractivity contribution in [1.82, 2.24) is 0 Å². The summed E-state index contributed by atoms with van der Waals surface area (Å²) >= 11 is 0. The molecule has 0 amide bonds. The third-order valence-electron chi connectivity index (χ3n) is 9.12. The number of alkyl halides is 6. The summed E-state index contributed by atoms with van der Waals surface area (Å²) in [5.41, 5.74) is 4.99. The van der Waals surface area contributed by atoms with E-state index in [4.69, 9.17) is 0 Å². The third-order valence-corrected chi connectivity index (χ3v) is 9.12. The monoisotopic (exact) mass is 630 g/mol. The molecule has 0 spiro atoms. The van der Waals surface area contributed by atoms with Crippen molar-refractivity contribution in [1.29, 1.82) is 0 Å². The van der Waals surface area contributed by atoms with Crippen LogP contribution < -0.4 is 10.4 Å². The molecule has 0 nitrogen and oxygen atoms in total. The maximum absolute atomic E-state index is 13.6. The lowest BCUT2D eigenvalue weighted by Gasteiger charge is -2.19. The van der Waals surface area contributed by atoms with E-state index in [9.17, 15) is 26.3 Å². The van der Waals surface area contributed by atoms with Crippen LogP contribution in [0.3, 0.4) is 0 Å². The van der Waals surface area contributed by atoms with Crippen molar-refractivity contribution in [3.8, 4) is 11.1 Å². The Kier molecular flexibility index (Phi) is 6.55. The lowest BCUT2D eigenvalue weighted by molar-refractivity contribution is -0.138. The number of fused-ring (bicyclic) bond motifs is 8. The number of benzene rings is 6. The van der Waals surface area contributed by atoms with Crippen LogP contribution in [0.4, 0.5) is 26.3 Å². The fraction of sp³-hybridized carbons (Fsp3) is 0.0732. The smallest absolute Gasteiger partial charge is 0.166 e. The highest BCUT2D eigenvalue weighted by atomic mass is 19.4. The summed E-state index contributed by atoms with van der Waals surface area (Å²) in [6.07, 6.45) is -0.176. The van der Waals surface area contributed by atoms with E-state index < -0.39 is 23.5 Å². The minimum absolute atomic E-state index is 0.469. The number of hydrogen-bond donors (Lipinski definition) is 0. The van der Waals surface area contributed by atoms with Gasteiger partial charge in [-0.05, 0) is 113 Å². The first-order chi connectivity index (χ1) is 22.6. The fourth-order valence-corrected chi connectivity index (χ4v) is 7.06. The maximum atomic E-state index is 13.6. The van der Waals surface area contributed by atoms with E-state index in [0.29, 0.717) is 23.1 Å². The van der Waals surface area contributed by atoms with Gasteiger partial charge in [-0.3, -0.25) is 0 Å². The van der Waals surface area contributed by atoms with E-state index in [0.717, 1.165) is 84.1 Å². The first-order valence-corrected chi connectivity index (χ1v) is 15.1. The molecule has 0 fully saturated rings. The van der Waals surface area contributed by atoms with Crippen molar-refractivity contribution in [3.63, 3.8) is 0 Å². The van der Waals surface area contributed by atoms with Crippen molar-refractivity contribution in [2.75, 3.05) is 0 Å². The van der Waals surface area contributed by atoms with Gasteiger partial charge in [0, 0.05) is 0 Å². The van der Waals surface area contributed by atoms with Gasteiger partial charge in [0.2, 0.25) is 0 Å². The predicted molar refractivity (Wildman–Crippen MR) is 176 cm³/mol. The van der Waals surface area contributed by atoms with Gasteiger partial charge in [-0.2, -0.15) is 26.3 Å². The van der Waals surface area contributed by atoms with Crippen molar-refractivity contribution in [2.24, 2.45) is 0 Å². The number of hydrogen-bond acceptors (Lipinski definition) is 0. The lowest BCUT2D eigenvalue weighted by atomic mass is 9.84. The highest BCUT2D eigenvalue weighted by Gasteiger charge is 2.32. The van der Waals surface area contributed by atoms with Crippen LogP contribution in [-0.4, -0.2) is 0 Å². The summed E-state index contributed by atoms with van der Waals surface area (Å²) in [6, 6.07) is 30.2. The van der Waals surface area contributed by atoms with Gasteiger partial charge >= 0.3 is 12.4 Å². The maximum Gasteiger partial charge on any atom is 0.416 e. The molecule has 2 aliphatic carbocycles. The van der Waals surface area contributed by atoms with Crippen LogP contribution in [0.2, 0.25) is 0 Å². The second-order valence-electron chi connectivity index (χ2n) is 11.8. The molecule has 0 aromatic heterocycles. The van der Waals surface area contributed by atoms with Crippen molar-refractivity contribution in [3.05, 3.63) is 171 Å². The molecule has 0 unspecified atom stereocenters. The van der Waals surface area contributed by atoms with Gasteiger partial charge in [0.25, 0.3) is 0 Å². The first kappa shape index (κ1) is 29.1. The lowest BCUT2D eigenvalue weighted by Crippen LogP contribution is -2.21. The Morgan fingerprint density at radius 2 is 1.04 bits per heavy atom. The Morgan fingerprint density at radius 1 is 0.511 bits per heavy atom. The van der Waals surface area contributed by atoms with Gasteiger partial charge in [-0.15, -0.1) is 0 Å². The summed E-state index contributed by atoms with van der Waals surface area (Å²) < 4.78 is 81.5.